The highest BCUT2D eigenvalue weighted by molar-refractivity contribution is 7.80. The molecule has 0 saturated carbocycles. The van der Waals surface area contributed by atoms with Gasteiger partial charge in [0.1, 0.15) is 11.9 Å². The number of nitrogens with zero attached hydrogens (tertiary/aromatic N) is 1. The molecule has 1 rings (SSSR count). The Morgan fingerprint density at radius 2 is 2.11 bits per heavy atom. The van der Waals surface area contributed by atoms with Crippen molar-refractivity contribution in [2.75, 3.05) is 5.75 Å². The second-order valence-electron chi connectivity index (χ2n) is 3.94. The number of hydrogen-bond acceptors (Lipinski definition) is 5. The Balaban J connectivity index is 3.15. The van der Waals surface area contributed by atoms with Gasteiger partial charge in [-0.1, -0.05) is 0 Å². The number of aliphatic hydroxyl groups excluding tert-OH is 2. The third-order valence-electron chi connectivity index (χ3n) is 2.62. The van der Waals surface area contributed by atoms with Crippen LogP contribution >= 0.6 is 12.6 Å². The lowest BCUT2D eigenvalue weighted by Crippen LogP contribution is -2.20. The normalized spacial score (nSPS) is 14.3. The van der Waals surface area contributed by atoms with Gasteiger partial charge in [0.2, 0.25) is 0 Å². The van der Waals surface area contributed by atoms with Crippen LogP contribution in [-0.4, -0.2) is 27.0 Å². The molecule has 0 aliphatic heterocycles. The molecule has 0 aromatic heterocycles. The summed E-state index contributed by atoms with van der Waals surface area (Å²) in [4.78, 5) is 10.1. The van der Waals surface area contributed by atoms with Gasteiger partial charge >= 0.3 is 0 Å². The predicted molar refractivity (Wildman–Crippen MR) is 67.2 cm³/mol. The van der Waals surface area contributed by atoms with E-state index in [-0.39, 0.29) is 23.2 Å². The molecule has 18 heavy (non-hydrogen) atoms. The lowest BCUT2D eigenvalue weighted by molar-refractivity contribution is -0.385. The first-order valence-corrected chi connectivity index (χ1v) is 5.93. The maximum Gasteiger partial charge on any atom is 0.272 e. The smallest absolute Gasteiger partial charge is 0.272 e. The molecular formula is C11H14FNO4S. The number of benzene rings is 1. The lowest BCUT2D eigenvalue weighted by Gasteiger charge is -2.18. The molecule has 1 aromatic rings. The molecule has 0 bridgehead atoms. The highest BCUT2D eigenvalue weighted by Gasteiger charge is 2.24. The zero-order valence-electron chi connectivity index (χ0n) is 9.71. The van der Waals surface area contributed by atoms with E-state index in [1.165, 1.54) is 6.92 Å². The van der Waals surface area contributed by atoms with Crippen molar-refractivity contribution in [2.24, 2.45) is 0 Å². The third kappa shape index (κ3) is 3.18. The Bertz CT molecular complexity index is 455. The molecule has 0 radical (unpaired) electrons. The van der Waals surface area contributed by atoms with Gasteiger partial charge in [-0.3, -0.25) is 10.1 Å². The number of aliphatic hydroxyl groups is 2. The van der Waals surface area contributed by atoms with Crippen molar-refractivity contribution in [3.8, 4) is 0 Å². The summed E-state index contributed by atoms with van der Waals surface area (Å²) < 4.78 is 13.6. The topological polar surface area (TPSA) is 83.6 Å². The van der Waals surface area contributed by atoms with E-state index >= 15 is 0 Å². The second kappa shape index (κ2) is 6.12. The monoisotopic (exact) mass is 275 g/mol. The number of thiol groups is 1. The van der Waals surface area contributed by atoms with E-state index in [0.717, 1.165) is 12.1 Å². The SMILES string of the molecule is Cc1cc(F)c(C(O)C(O)CCS)cc1[N+](=O)[O-]. The van der Waals surface area contributed by atoms with Crippen LogP contribution in [0.4, 0.5) is 10.1 Å². The standard InChI is InChI=1S/C11H14FNO4S/c1-6-4-8(12)7(5-9(6)13(16)17)11(15)10(14)2-3-18/h4-5,10-11,14-15,18H,2-3H2,1H3. The molecule has 2 N–H and O–H groups in total. The summed E-state index contributed by atoms with van der Waals surface area (Å²) in [7, 11) is 0. The third-order valence-corrected chi connectivity index (χ3v) is 2.88. The highest BCUT2D eigenvalue weighted by Crippen LogP contribution is 2.28. The molecule has 2 unspecified atom stereocenters. The molecule has 0 amide bonds. The van der Waals surface area contributed by atoms with Gasteiger partial charge in [-0.25, -0.2) is 4.39 Å². The fourth-order valence-electron chi connectivity index (χ4n) is 1.60. The lowest BCUT2D eigenvalue weighted by atomic mass is 9.99. The van der Waals surface area contributed by atoms with Crippen molar-refractivity contribution in [2.45, 2.75) is 25.6 Å². The largest absolute Gasteiger partial charge is 0.390 e. The molecule has 5 nitrogen and oxygen atoms in total. The van der Waals surface area contributed by atoms with Gasteiger partial charge in [0.25, 0.3) is 5.69 Å². The van der Waals surface area contributed by atoms with E-state index in [4.69, 9.17) is 0 Å². The maximum absolute atomic E-state index is 13.6. The zero-order chi connectivity index (χ0) is 13.9. The summed E-state index contributed by atoms with van der Waals surface area (Å²) >= 11 is 3.89. The van der Waals surface area contributed by atoms with Gasteiger partial charge in [0.05, 0.1) is 11.0 Å². The van der Waals surface area contributed by atoms with Gasteiger partial charge in [0, 0.05) is 17.2 Å². The van der Waals surface area contributed by atoms with Crippen LogP contribution < -0.4 is 0 Å². The number of nitro groups is 1. The van der Waals surface area contributed by atoms with Crippen molar-refractivity contribution < 1.29 is 19.5 Å². The van der Waals surface area contributed by atoms with Crippen LogP contribution in [0.3, 0.4) is 0 Å². The molecule has 7 heteroatoms. The molecule has 0 saturated heterocycles. The van der Waals surface area contributed by atoms with Crippen LogP contribution in [0.15, 0.2) is 12.1 Å². The maximum atomic E-state index is 13.6. The average Bonchev–Trinajstić information content (AvgIpc) is 2.28. The predicted octanol–water partition coefficient (Wildman–Crippen LogP) is 1.76. The fraction of sp³-hybridized carbons (Fsp3) is 0.455. The second-order valence-corrected chi connectivity index (χ2v) is 4.39. The first-order valence-electron chi connectivity index (χ1n) is 5.30. The summed E-state index contributed by atoms with van der Waals surface area (Å²) in [6, 6.07) is 1.93. The quantitative estimate of drug-likeness (QED) is 0.434. The van der Waals surface area contributed by atoms with Crippen LogP contribution in [0.5, 0.6) is 0 Å². The van der Waals surface area contributed by atoms with Crippen LogP contribution in [0.2, 0.25) is 0 Å². The van der Waals surface area contributed by atoms with Crippen molar-refractivity contribution in [3.63, 3.8) is 0 Å². The Morgan fingerprint density at radius 3 is 2.61 bits per heavy atom. The van der Waals surface area contributed by atoms with Crippen molar-refractivity contribution in [1.82, 2.24) is 0 Å². The van der Waals surface area contributed by atoms with Gasteiger partial charge in [0.15, 0.2) is 0 Å². The number of aryl methyl sites for hydroxylation is 1. The van der Waals surface area contributed by atoms with Crippen LogP contribution in [0, 0.1) is 22.9 Å². The fourth-order valence-corrected chi connectivity index (χ4v) is 1.86. The van der Waals surface area contributed by atoms with Gasteiger partial charge < -0.3 is 10.2 Å². The Kier molecular flexibility index (Phi) is 5.06. The molecule has 0 aliphatic rings. The van der Waals surface area contributed by atoms with E-state index in [9.17, 15) is 24.7 Å². The number of rotatable bonds is 5. The Morgan fingerprint density at radius 1 is 1.50 bits per heavy atom. The summed E-state index contributed by atoms with van der Waals surface area (Å²) in [5.41, 5.74) is -0.401. The van der Waals surface area contributed by atoms with E-state index in [1.54, 1.807) is 0 Å². The van der Waals surface area contributed by atoms with Gasteiger partial charge in [-0.05, 0) is 25.2 Å². The van der Waals surface area contributed by atoms with E-state index in [0.29, 0.717) is 5.75 Å². The van der Waals surface area contributed by atoms with Crippen molar-refractivity contribution in [1.29, 1.82) is 0 Å². The summed E-state index contributed by atoms with van der Waals surface area (Å²) in [5, 5.41) is 30.0. The molecule has 0 heterocycles. The van der Waals surface area contributed by atoms with Gasteiger partial charge in [-0.2, -0.15) is 12.6 Å². The summed E-state index contributed by atoms with van der Waals surface area (Å²) in [5.74, 6) is -0.461. The molecule has 2 atom stereocenters. The van der Waals surface area contributed by atoms with Crippen molar-refractivity contribution in [3.05, 3.63) is 39.2 Å². The highest BCUT2D eigenvalue weighted by atomic mass is 32.1. The Labute approximate surface area is 109 Å². The minimum atomic E-state index is -1.50. The van der Waals surface area contributed by atoms with Gasteiger partial charge in [-0.15, -0.1) is 0 Å². The molecule has 0 aliphatic carbocycles. The minimum absolute atomic E-state index is 0.158. The molecule has 0 fully saturated rings. The first kappa shape index (κ1) is 14.9. The minimum Gasteiger partial charge on any atom is -0.390 e. The molecular weight excluding hydrogens is 261 g/mol. The average molecular weight is 275 g/mol. The molecule has 1 aromatic carbocycles. The number of hydrogen-bond donors (Lipinski definition) is 3. The van der Waals surface area contributed by atoms with E-state index in [1.807, 2.05) is 0 Å². The van der Waals surface area contributed by atoms with Crippen LogP contribution in [0.25, 0.3) is 0 Å². The summed E-state index contributed by atoms with van der Waals surface area (Å²) in [6.45, 7) is 1.40. The van der Waals surface area contributed by atoms with Crippen molar-refractivity contribution >= 4 is 18.3 Å². The van der Waals surface area contributed by atoms with Crippen LogP contribution in [-0.2, 0) is 0 Å². The molecule has 100 valence electrons. The summed E-state index contributed by atoms with van der Waals surface area (Å²) in [6.07, 6.45) is -2.55. The number of nitro benzene ring substituents is 1. The van der Waals surface area contributed by atoms with E-state index < -0.39 is 22.9 Å². The zero-order valence-corrected chi connectivity index (χ0v) is 10.6. The van der Waals surface area contributed by atoms with E-state index in [2.05, 4.69) is 12.6 Å². The molecule has 0 spiro atoms. The van der Waals surface area contributed by atoms with Crippen LogP contribution in [0.1, 0.15) is 23.7 Å². The Hall–Kier alpha value is -1.18. The first-order chi connectivity index (χ1) is 8.38. The number of halogens is 1.